The van der Waals surface area contributed by atoms with E-state index in [0.29, 0.717) is 22.5 Å². The van der Waals surface area contributed by atoms with E-state index in [9.17, 15) is 22.4 Å². The van der Waals surface area contributed by atoms with Gasteiger partial charge < -0.3 is 9.64 Å². The molecule has 9 heteroatoms. The van der Waals surface area contributed by atoms with Gasteiger partial charge in [0.15, 0.2) is 9.84 Å². The Morgan fingerprint density at radius 3 is 2.29 bits per heavy atom. The fourth-order valence-electron chi connectivity index (χ4n) is 3.69. The molecule has 166 valence electrons. The summed E-state index contributed by atoms with van der Waals surface area (Å²) in [7, 11) is -3.76. The van der Waals surface area contributed by atoms with Gasteiger partial charge in [-0.3, -0.25) is 9.69 Å². The van der Waals surface area contributed by atoms with Crippen LogP contribution < -0.4 is 9.80 Å². The molecule has 2 amide bonds. The minimum absolute atomic E-state index is 0.167. The van der Waals surface area contributed by atoms with Gasteiger partial charge in [0.05, 0.1) is 23.5 Å². The Morgan fingerprint density at radius 2 is 1.71 bits per heavy atom. The van der Waals surface area contributed by atoms with Crippen molar-refractivity contribution in [3.8, 4) is 11.1 Å². The fraction of sp³-hybridized carbons (Fsp3) is 0.364. The summed E-state index contributed by atoms with van der Waals surface area (Å²) in [6, 6.07) is 8.64. The van der Waals surface area contributed by atoms with Crippen molar-refractivity contribution in [2.24, 2.45) is 0 Å². The van der Waals surface area contributed by atoms with Crippen LogP contribution in [0.15, 0.2) is 41.3 Å². The van der Waals surface area contributed by atoms with Crippen molar-refractivity contribution < 1.29 is 27.1 Å². The number of benzene rings is 2. The van der Waals surface area contributed by atoms with Crippen LogP contribution in [-0.4, -0.2) is 45.4 Å². The molecule has 0 aliphatic carbocycles. The maximum absolute atomic E-state index is 14.0. The van der Waals surface area contributed by atoms with E-state index in [0.717, 1.165) is 12.3 Å². The molecule has 0 unspecified atom stereocenters. The molecule has 0 fully saturated rings. The van der Waals surface area contributed by atoms with Crippen LogP contribution in [0.3, 0.4) is 0 Å². The number of rotatable bonds is 3. The summed E-state index contributed by atoms with van der Waals surface area (Å²) in [6.07, 6.45) is 0.0757. The molecule has 3 rings (SSSR count). The highest BCUT2D eigenvalue weighted by Crippen LogP contribution is 2.39. The molecule has 31 heavy (non-hydrogen) atoms. The number of amides is 2. The summed E-state index contributed by atoms with van der Waals surface area (Å²) in [5.74, 6) is -0.998. The zero-order valence-corrected chi connectivity index (χ0v) is 18.9. The van der Waals surface area contributed by atoms with Crippen molar-refractivity contribution >= 4 is 33.2 Å². The van der Waals surface area contributed by atoms with Gasteiger partial charge in [-0.2, -0.15) is 0 Å². The van der Waals surface area contributed by atoms with Crippen molar-refractivity contribution in [3.63, 3.8) is 0 Å². The molecule has 0 bridgehead atoms. The third kappa shape index (κ3) is 4.56. The Kier molecular flexibility index (Phi) is 6.09. The Hall–Kier alpha value is -2.94. The van der Waals surface area contributed by atoms with E-state index >= 15 is 0 Å². The average Bonchev–Trinajstić information content (AvgIpc) is 2.65. The van der Waals surface area contributed by atoms with Crippen LogP contribution in [0.25, 0.3) is 11.1 Å². The van der Waals surface area contributed by atoms with Crippen LogP contribution in [0.5, 0.6) is 0 Å². The normalized spacial score (nSPS) is 16.3. The number of nitrogens with zero attached hydrogens (tertiary/aromatic N) is 2. The predicted molar refractivity (Wildman–Crippen MR) is 117 cm³/mol. The highest BCUT2D eigenvalue weighted by Gasteiger charge is 2.35. The van der Waals surface area contributed by atoms with Gasteiger partial charge in [0, 0.05) is 19.7 Å². The summed E-state index contributed by atoms with van der Waals surface area (Å²) in [6.45, 7) is 7.02. The Bertz CT molecular complexity index is 1150. The third-order valence-corrected chi connectivity index (χ3v) is 6.09. The molecule has 0 saturated heterocycles. The molecule has 2 aromatic rings. The minimum atomic E-state index is -3.76. The first-order valence-electron chi connectivity index (χ1n) is 9.82. The molecular weight excluding hydrogens is 423 g/mol. The van der Waals surface area contributed by atoms with Crippen molar-refractivity contribution in [1.82, 2.24) is 0 Å². The maximum atomic E-state index is 14.0. The Labute approximate surface area is 181 Å². The van der Waals surface area contributed by atoms with E-state index in [1.165, 1.54) is 24.0 Å². The first-order chi connectivity index (χ1) is 14.4. The predicted octanol–water partition coefficient (Wildman–Crippen LogP) is 4.00. The molecule has 1 aliphatic rings. The molecule has 0 spiro atoms. The van der Waals surface area contributed by atoms with Gasteiger partial charge in [0.1, 0.15) is 10.7 Å². The second kappa shape index (κ2) is 8.30. The lowest BCUT2D eigenvalue weighted by atomic mass is 10.0. The largest absolute Gasteiger partial charge is 0.446 e. The van der Waals surface area contributed by atoms with Gasteiger partial charge in [-0.25, -0.2) is 17.6 Å². The third-order valence-electron chi connectivity index (χ3n) is 4.97. The van der Waals surface area contributed by atoms with Crippen LogP contribution in [-0.2, 0) is 19.4 Å². The second-order valence-electron chi connectivity index (χ2n) is 7.90. The van der Waals surface area contributed by atoms with Gasteiger partial charge in [0.2, 0.25) is 5.91 Å². The van der Waals surface area contributed by atoms with Crippen LogP contribution in [0.2, 0.25) is 0 Å². The molecule has 0 radical (unpaired) electrons. The quantitative estimate of drug-likeness (QED) is 0.709. The van der Waals surface area contributed by atoms with Crippen LogP contribution in [0.1, 0.15) is 27.7 Å². The molecule has 1 heterocycles. The fourth-order valence-corrected chi connectivity index (χ4v) is 4.45. The SMILES string of the molecule is CC(=O)N1c2ccc(-c3ccc(F)c(S(C)(=O)=O)c3)cc2N(C(=O)OC(C)C)C[C@@H]1C. The molecule has 0 aromatic heterocycles. The highest BCUT2D eigenvalue weighted by atomic mass is 32.2. The number of carbonyl (C=O) groups excluding carboxylic acids is 2. The van der Waals surface area contributed by atoms with E-state index in [-0.39, 0.29) is 24.6 Å². The maximum Gasteiger partial charge on any atom is 0.414 e. The van der Waals surface area contributed by atoms with Crippen molar-refractivity contribution in [2.45, 2.75) is 44.7 Å². The van der Waals surface area contributed by atoms with Crippen LogP contribution >= 0.6 is 0 Å². The van der Waals surface area contributed by atoms with Crippen molar-refractivity contribution in [3.05, 3.63) is 42.2 Å². The van der Waals surface area contributed by atoms with E-state index in [1.54, 1.807) is 36.9 Å². The van der Waals surface area contributed by atoms with E-state index < -0.39 is 26.6 Å². The number of fused-ring (bicyclic) bond motifs is 1. The number of carbonyl (C=O) groups is 2. The molecule has 7 nitrogen and oxygen atoms in total. The summed E-state index contributed by atoms with van der Waals surface area (Å²) >= 11 is 0. The lowest BCUT2D eigenvalue weighted by molar-refractivity contribution is -0.117. The lowest BCUT2D eigenvalue weighted by Crippen LogP contribution is -2.51. The van der Waals surface area contributed by atoms with E-state index in [2.05, 4.69) is 0 Å². The summed E-state index contributed by atoms with van der Waals surface area (Å²) in [5.41, 5.74) is 2.04. The minimum Gasteiger partial charge on any atom is -0.446 e. The molecule has 1 aliphatic heterocycles. The standard InChI is InChI=1S/C22H25FN2O5S/c1-13(2)30-22(27)24-12-14(3)25(15(4)26)19-9-7-16(10-20(19)24)17-6-8-18(23)21(11-17)31(5,28)29/h6-11,13-14H,12H2,1-5H3/t14-/m0/s1. The van der Waals surface area contributed by atoms with Crippen LogP contribution in [0.4, 0.5) is 20.6 Å². The van der Waals surface area contributed by atoms with Crippen molar-refractivity contribution in [1.29, 1.82) is 0 Å². The second-order valence-corrected chi connectivity index (χ2v) is 9.89. The first-order valence-corrected chi connectivity index (χ1v) is 11.7. The summed E-state index contributed by atoms with van der Waals surface area (Å²) in [5, 5.41) is 0. The van der Waals surface area contributed by atoms with Crippen molar-refractivity contribution in [2.75, 3.05) is 22.6 Å². The number of sulfone groups is 1. The molecule has 0 N–H and O–H groups in total. The molecule has 1 atom stereocenters. The number of ether oxygens (including phenoxy) is 1. The number of hydrogen-bond donors (Lipinski definition) is 0. The molecule has 0 saturated carbocycles. The zero-order valence-electron chi connectivity index (χ0n) is 18.0. The number of hydrogen-bond acceptors (Lipinski definition) is 5. The lowest BCUT2D eigenvalue weighted by Gasteiger charge is -2.40. The van der Waals surface area contributed by atoms with E-state index in [4.69, 9.17) is 4.74 Å². The average molecular weight is 449 g/mol. The highest BCUT2D eigenvalue weighted by molar-refractivity contribution is 7.90. The Morgan fingerprint density at radius 1 is 1.10 bits per heavy atom. The van der Waals surface area contributed by atoms with E-state index in [1.807, 2.05) is 6.92 Å². The topological polar surface area (TPSA) is 84.0 Å². The molecule has 2 aromatic carbocycles. The van der Waals surface area contributed by atoms with Gasteiger partial charge in [-0.05, 0) is 56.2 Å². The Balaban J connectivity index is 2.16. The first kappa shape index (κ1) is 22.7. The van der Waals surface area contributed by atoms with Gasteiger partial charge >= 0.3 is 6.09 Å². The zero-order chi connectivity index (χ0) is 23.1. The van der Waals surface area contributed by atoms with Gasteiger partial charge in [0.25, 0.3) is 0 Å². The summed E-state index contributed by atoms with van der Waals surface area (Å²) < 4.78 is 43.2. The monoisotopic (exact) mass is 448 g/mol. The molecular formula is C22H25FN2O5S. The smallest absolute Gasteiger partial charge is 0.414 e. The van der Waals surface area contributed by atoms with Gasteiger partial charge in [-0.15, -0.1) is 0 Å². The summed E-state index contributed by atoms with van der Waals surface area (Å²) in [4.78, 5) is 27.7. The number of halogens is 1. The number of anilines is 2. The van der Waals surface area contributed by atoms with Crippen LogP contribution in [0, 0.1) is 5.82 Å². The van der Waals surface area contributed by atoms with Gasteiger partial charge in [-0.1, -0.05) is 12.1 Å².